The van der Waals surface area contributed by atoms with Gasteiger partial charge in [-0.05, 0) is 62.2 Å². The van der Waals surface area contributed by atoms with E-state index in [0.29, 0.717) is 18.7 Å². The Kier molecular flexibility index (Phi) is 9.11. The van der Waals surface area contributed by atoms with Gasteiger partial charge in [0.2, 0.25) is 6.23 Å². The first-order valence-electron chi connectivity index (χ1n) is 13.8. The van der Waals surface area contributed by atoms with Gasteiger partial charge in [0, 0.05) is 50.8 Å². The fourth-order valence-corrected chi connectivity index (χ4v) is 5.01. The lowest BCUT2D eigenvalue weighted by molar-refractivity contribution is -0.213. The first-order valence-corrected chi connectivity index (χ1v) is 13.8. The summed E-state index contributed by atoms with van der Waals surface area (Å²) in [5, 5.41) is 2.61. The first kappa shape index (κ1) is 31.9. The number of amides is 4. The molecule has 0 saturated carbocycles. The number of piperazine rings is 1. The van der Waals surface area contributed by atoms with Crippen LogP contribution in [0.25, 0.3) is 0 Å². The molecule has 232 valence electrons. The number of aromatic nitrogens is 1. The second kappa shape index (κ2) is 12.3. The number of nitrogens with zero attached hydrogens (tertiary/aromatic N) is 5. The minimum Gasteiger partial charge on any atom is -0.430 e. The van der Waals surface area contributed by atoms with Gasteiger partial charge in [0.05, 0.1) is 5.69 Å². The molecule has 4 rings (SSSR count). The third kappa shape index (κ3) is 6.80. The van der Waals surface area contributed by atoms with Crippen LogP contribution in [0.15, 0.2) is 42.7 Å². The van der Waals surface area contributed by atoms with E-state index in [1.807, 2.05) is 25.8 Å². The first-order chi connectivity index (χ1) is 20.1. The molecule has 43 heavy (non-hydrogen) atoms. The van der Waals surface area contributed by atoms with Crippen LogP contribution in [-0.4, -0.2) is 94.7 Å². The number of alkyl halides is 3. The van der Waals surface area contributed by atoms with E-state index in [9.17, 15) is 32.3 Å². The molecule has 3 heterocycles. The van der Waals surface area contributed by atoms with Crippen molar-refractivity contribution in [3.8, 4) is 0 Å². The predicted molar refractivity (Wildman–Crippen MR) is 151 cm³/mol. The summed E-state index contributed by atoms with van der Waals surface area (Å²) in [4.78, 5) is 62.1. The summed E-state index contributed by atoms with van der Waals surface area (Å²) in [5.41, 5.74) is 0.522. The normalized spacial score (nSPS) is 18.7. The number of nitrogens with one attached hydrogen (secondary N) is 1. The van der Waals surface area contributed by atoms with E-state index in [1.54, 1.807) is 50.5 Å². The zero-order valence-corrected chi connectivity index (χ0v) is 24.6. The summed E-state index contributed by atoms with van der Waals surface area (Å²) in [6, 6.07) is 7.56. The summed E-state index contributed by atoms with van der Waals surface area (Å²) < 4.78 is 44.0. The third-order valence-electron chi connectivity index (χ3n) is 7.63. The monoisotopic (exact) mass is 604 g/mol. The van der Waals surface area contributed by atoms with Crippen molar-refractivity contribution in [2.24, 2.45) is 0 Å². The van der Waals surface area contributed by atoms with Gasteiger partial charge in [-0.25, -0.2) is 14.5 Å². The number of hydrogen-bond acceptors (Lipinski definition) is 8. The van der Waals surface area contributed by atoms with E-state index >= 15 is 0 Å². The maximum atomic E-state index is 13.6. The quantitative estimate of drug-likeness (QED) is 0.359. The number of pyridine rings is 1. The number of benzene rings is 1. The summed E-state index contributed by atoms with van der Waals surface area (Å²) in [6.45, 7) is 8.39. The molecule has 0 bridgehead atoms. The molecule has 4 amide bonds. The maximum absolute atomic E-state index is 13.6. The Morgan fingerprint density at radius 1 is 1.05 bits per heavy atom. The van der Waals surface area contributed by atoms with E-state index in [0.717, 1.165) is 10.5 Å². The standard InChI is InChI=1S/C29H35F3N6O5/c1-18(2)21-7-6-20(38-25(40)28(3,4)37(27(38)42)17-19-8-10-33-11-9-19)16-22(21)34-23(39)24(43-26(41)29(30,31)32)36-14-12-35(5)13-15-36/h6-11,16,18,24H,12-15,17H2,1-5H3,(H,34,39). The maximum Gasteiger partial charge on any atom is 0.490 e. The summed E-state index contributed by atoms with van der Waals surface area (Å²) in [5.74, 6) is -4.11. The summed E-state index contributed by atoms with van der Waals surface area (Å²) in [7, 11) is 1.83. The molecule has 2 saturated heterocycles. The van der Waals surface area contributed by atoms with Gasteiger partial charge >= 0.3 is 18.2 Å². The molecule has 1 N–H and O–H groups in total. The number of halogens is 3. The molecular formula is C29H35F3N6O5. The molecule has 1 unspecified atom stereocenters. The van der Waals surface area contributed by atoms with Crippen LogP contribution >= 0.6 is 0 Å². The van der Waals surface area contributed by atoms with Crippen LogP contribution in [-0.2, 0) is 25.7 Å². The molecule has 14 heteroatoms. The van der Waals surface area contributed by atoms with Gasteiger partial charge in [-0.2, -0.15) is 13.2 Å². The van der Waals surface area contributed by atoms with Crippen molar-refractivity contribution < 1.29 is 37.1 Å². The van der Waals surface area contributed by atoms with Gasteiger partial charge in [0.25, 0.3) is 11.8 Å². The van der Waals surface area contributed by atoms with E-state index in [-0.39, 0.29) is 36.9 Å². The van der Waals surface area contributed by atoms with Crippen LogP contribution in [0.1, 0.15) is 44.7 Å². The van der Waals surface area contributed by atoms with Gasteiger partial charge in [-0.15, -0.1) is 0 Å². The van der Waals surface area contributed by atoms with Crippen LogP contribution in [0.3, 0.4) is 0 Å². The van der Waals surface area contributed by atoms with E-state index in [4.69, 9.17) is 0 Å². The molecule has 1 aromatic carbocycles. The van der Waals surface area contributed by atoms with Crippen LogP contribution < -0.4 is 10.2 Å². The number of likely N-dealkylation sites (N-methyl/N-ethyl adjacent to an activating group) is 1. The Morgan fingerprint density at radius 2 is 1.67 bits per heavy atom. The molecule has 1 atom stereocenters. The Morgan fingerprint density at radius 3 is 2.26 bits per heavy atom. The van der Waals surface area contributed by atoms with Gasteiger partial charge in [0.1, 0.15) is 5.54 Å². The number of urea groups is 1. The summed E-state index contributed by atoms with van der Waals surface area (Å²) in [6.07, 6.45) is -3.97. The Bertz CT molecular complexity index is 1380. The number of rotatable bonds is 8. The largest absolute Gasteiger partial charge is 0.490 e. The molecule has 1 aromatic heterocycles. The van der Waals surface area contributed by atoms with E-state index < -0.39 is 41.8 Å². The van der Waals surface area contributed by atoms with Crippen molar-refractivity contribution in [3.05, 3.63) is 53.9 Å². The highest BCUT2D eigenvalue weighted by molar-refractivity contribution is 6.23. The molecular weight excluding hydrogens is 569 g/mol. The fraction of sp³-hybridized carbons (Fsp3) is 0.483. The predicted octanol–water partition coefficient (Wildman–Crippen LogP) is 3.57. The van der Waals surface area contributed by atoms with Crippen molar-refractivity contribution in [1.29, 1.82) is 0 Å². The topological polar surface area (TPSA) is 115 Å². The van der Waals surface area contributed by atoms with Gasteiger partial charge in [0.15, 0.2) is 0 Å². The van der Waals surface area contributed by atoms with Gasteiger partial charge in [-0.1, -0.05) is 19.9 Å². The van der Waals surface area contributed by atoms with Crippen molar-refractivity contribution in [1.82, 2.24) is 19.7 Å². The van der Waals surface area contributed by atoms with Crippen molar-refractivity contribution in [3.63, 3.8) is 0 Å². The van der Waals surface area contributed by atoms with Gasteiger partial charge < -0.3 is 19.9 Å². The average molecular weight is 605 g/mol. The molecule has 0 spiro atoms. The van der Waals surface area contributed by atoms with E-state index in [2.05, 4.69) is 15.0 Å². The van der Waals surface area contributed by atoms with E-state index in [1.165, 1.54) is 15.9 Å². The smallest absolute Gasteiger partial charge is 0.430 e. The molecule has 2 fully saturated rings. The van der Waals surface area contributed by atoms with Crippen LogP contribution in [0, 0.1) is 0 Å². The minimum atomic E-state index is -5.29. The highest BCUT2D eigenvalue weighted by atomic mass is 19.4. The van der Waals surface area contributed by atoms with Crippen LogP contribution in [0.5, 0.6) is 0 Å². The second-order valence-corrected chi connectivity index (χ2v) is 11.4. The molecule has 11 nitrogen and oxygen atoms in total. The number of imide groups is 1. The number of anilines is 2. The van der Waals surface area contributed by atoms with Crippen LogP contribution in [0.2, 0.25) is 0 Å². The number of esters is 1. The van der Waals surface area contributed by atoms with Crippen molar-refractivity contribution >= 4 is 35.2 Å². The zero-order chi connectivity index (χ0) is 31.7. The lowest BCUT2D eigenvalue weighted by atomic mass is 9.99. The van der Waals surface area contributed by atoms with Crippen LogP contribution in [0.4, 0.5) is 29.3 Å². The Hall–Kier alpha value is -4.04. The molecule has 2 aliphatic heterocycles. The highest BCUT2D eigenvalue weighted by Crippen LogP contribution is 2.36. The second-order valence-electron chi connectivity index (χ2n) is 11.4. The number of hydrogen-bond donors (Lipinski definition) is 1. The fourth-order valence-electron chi connectivity index (χ4n) is 5.01. The number of ether oxygens (including phenoxy) is 1. The highest BCUT2D eigenvalue weighted by Gasteiger charge is 2.52. The minimum absolute atomic E-state index is 0.154. The lowest BCUT2D eigenvalue weighted by Gasteiger charge is -2.36. The lowest BCUT2D eigenvalue weighted by Crippen LogP contribution is -2.55. The van der Waals surface area contributed by atoms with Crippen molar-refractivity contribution in [2.45, 2.75) is 58.1 Å². The summed E-state index contributed by atoms with van der Waals surface area (Å²) >= 11 is 0. The Balaban J connectivity index is 1.65. The molecule has 0 radical (unpaired) electrons. The zero-order valence-electron chi connectivity index (χ0n) is 24.6. The number of carbonyl (C=O) groups is 4. The molecule has 0 aliphatic carbocycles. The van der Waals surface area contributed by atoms with Gasteiger partial charge in [-0.3, -0.25) is 19.5 Å². The SMILES string of the molecule is CC(C)c1ccc(N2C(=O)N(Cc3ccncc3)C(C)(C)C2=O)cc1NC(=O)C(OC(=O)C(F)(F)F)N1CCN(C)CC1. The van der Waals surface area contributed by atoms with Crippen molar-refractivity contribution in [2.75, 3.05) is 43.4 Å². The Labute approximate surface area is 247 Å². The third-order valence-corrected chi connectivity index (χ3v) is 7.63. The number of carbonyl (C=O) groups excluding carboxylic acids is 4. The molecule has 2 aliphatic rings. The average Bonchev–Trinajstić information content (AvgIpc) is 3.10. The molecule has 2 aromatic rings.